The Morgan fingerprint density at radius 3 is 1.01 bits per heavy atom. The molecule has 4 aliphatic heterocycles. The van der Waals surface area contributed by atoms with Crippen LogP contribution in [-0.2, 0) is 26.4 Å². The molecule has 0 amide bonds. The molecule has 4 aliphatic rings. The summed E-state index contributed by atoms with van der Waals surface area (Å²) in [6.45, 7) is 1.36. The highest BCUT2D eigenvalue weighted by atomic mass is 16.5. The molecule has 13 aromatic rings. The van der Waals surface area contributed by atoms with Crippen molar-refractivity contribution in [1.82, 2.24) is 29.9 Å². The lowest BCUT2D eigenvalue weighted by Gasteiger charge is -2.25. The fourth-order valence-corrected chi connectivity index (χ4v) is 12.6. The Balaban J connectivity index is 0.859. The maximum absolute atomic E-state index is 6.79. The first-order valence-corrected chi connectivity index (χ1v) is 28.3. The monoisotopic (exact) mass is 1080 g/mol. The van der Waals surface area contributed by atoms with Crippen molar-refractivity contribution in [3.63, 3.8) is 0 Å². The van der Waals surface area contributed by atoms with Crippen LogP contribution in [0.25, 0.3) is 134 Å². The van der Waals surface area contributed by atoms with Crippen LogP contribution < -0.4 is 18.9 Å². The van der Waals surface area contributed by atoms with Gasteiger partial charge in [0.25, 0.3) is 0 Å². The van der Waals surface area contributed by atoms with Crippen molar-refractivity contribution >= 4 is 66.8 Å². The number of rotatable bonds is 4. The summed E-state index contributed by atoms with van der Waals surface area (Å²) in [6.07, 6.45) is 4.26. The number of aromatic amines is 2. The van der Waals surface area contributed by atoms with Crippen molar-refractivity contribution in [1.29, 1.82) is 0 Å². The molecule has 8 bridgehead atoms. The van der Waals surface area contributed by atoms with Crippen LogP contribution in [0.15, 0.2) is 218 Å². The highest BCUT2D eigenvalue weighted by molar-refractivity contribution is 6.14. The Hall–Kier alpha value is -11.1. The summed E-state index contributed by atoms with van der Waals surface area (Å²) in [5, 5.41) is 4.31. The van der Waals surface area contributed by atoms with E-state index in [0.717, 1.165) is 133 Å². The zero-order chi connectivity index (χ0) is 55.2. The molecule has 4 aromatic heterocycles. The predicted octanol–water partition coefficient (Wildman–Crippen LogP) is 17.7. The number of hydrogen-bond donors (Lipinski definition) is 2. The molecule has 0 saturated heterocycles. The molecular formula is C74H48N6O4. The van der Waals surface area contributed by atoms with Gasteiger partial charge >= 0.3 is 0 Å². The third-order valence-electron chi connectivity index (χ3n) is 16.6. The van der Waals surface area contributed by atoms with Gasteiger partial charge in [-0.05, 0) is 104 Å². The van der Waals surface area contributed by atoms with Crippen molar-refractivity contribution < 1.29 is 18.9 Å². The fraction of sp³-hybridized carbons (Fsp3) is 0.0541. The van der Waals surface area contributed by atoms with Gasteiger partial charge in [0.05, 0.1) is 22.4 Å². The number of aromatic nitrogens is 6. The summed E-state index contributed by atoms with van der Waals surface area (Å²) < 4.78 is 27.1. The van der Waals surface area contributed by atoms with Gasteiger partial charge in [-0.2, -0.15) is 0 Å². The average Bonchev–Trinajstić information content (AvgIpc) is 1.88. The van der Waals surface area contributed by atoms with Gasteiger partial charge in [-0.15, -0.1) is 0 Å². The molecule has 0 unspecified atom stereocenters. The summed E-state index contributed by atoms with van der Waals surface area (Å²) in [5.74, 6) is 2.66. The molecule has 398 valence electrons. The van der Waals surface area contributed by atoms with E-state index in [4.69, 9.17) is 38.9 Å². The molecule has 0 fully saturated rings. The second kappa shape index (κ2) is 19.3. The Morgan fingerprint density at radius 2 is 0.619 bits per heavy atom. The van der Waals surface area contributed by atoms with E-state index in [1.807, 2.05) is 36.4 Å². The third-order valence-corrected chi connectivity index (χ3v) is 16.6. The first kappa shape index (κ1) is 47.7. The SMILES string of the molecule is C1=Cc2nc1c(-c1ccccc1)c1ccc([nH]1)c(-c1ccccc1)c1nc(c(-c3ccccc3)c3ccc([nH]3)c2-c2ccccc2)-c2nc3cc4c(cc3nc2-1)OCc1cc2c(cc1CO4)COc1c(c3ccccc3c3ccccc13)OC2. The molecule has 8 heterocycles. The minimum atomic E-state index is 0.306. The number of ether oxygens (including phenoxy) is 4. The topological polar surface area (TPSA) is 120 Å². The van der Waals surface area contributed by atoms with E-state index in [2.05, 4.69) is 204 Å². The summed E-state index contributed by atoms with van der Waals surface area (Å²) in [6, 6.07) is 75.4. The van der Waals surface area contributed by atoms with Crippen LogP contribution in [-0.4, -0.2) is 29.9 Å². The van der Waals surface area contributed by atoms with Crippen LogP contribution in [0.1, 0.15) is 33.6 Å². The maximum Gasteiger partial charge on any atom is 0.170 e. The van der Waals surface area contributed by atoms with E-state index in [1.54, 1.807) is 0 Å². The molecular weight excluding hydrogens is 1040 g/mol. The summed E-state index contributed by atoms with van der Waals surface area (Å²) in [7, 11) is 0. The van der Waals surface area contributed by atoms with Crippen molar-refractivity contribution in [2.75, 3.05) is 0 Å². The zero-order valence-electron chi connectivity index (χ0n) is 45.2. The van der Waals surface area contributed by atoms with Crippen LogP contribution in [0, 0.1) is 0 Å². The van der Waals surface area contributed by atoms with Gasteiger partial charge in [0.2, 0.25) is 0 Å². The van der Waals surface area contributed by atoms with E-state index >= 15 is 0 Å². The Bertz CT molecular complexity index is 4770. The molecule has 0 radical (unpaired) electrons. The van der Waals surface area contributed by atoms with E-state index in [-0.39, 0.29) is 0 Å². The van der Waals surface area contributed by atoms with Crippen molar-refractivity contribution in [2.24, 2.45) is 0 Å². The Kier molecular flexibility index (Phi) is 10.9. The van der Waals surface area contributed by atoms with Gasteiger partial charge in [-0.1, -0.05) is 170 Å². The van der Waals surface area contributed by atoms with E-state index in [0.29, 0.717) is 71.7 Å². The van der Waals surface area contributed by atoms with Crippen LogP contribution in [0.5, 0.6) is 23.0 Å². The van der Waals surface area contributed by atoms with Crippen LogP contribution >= 0.6 is 0 Å². The van der Waals surface area contributed by atoms with Crippen molar-refractivity contribution in [2.45, 2.75) is 26.4 Å². The molecule has 17 rings (SSSR count). The standard InChI is InChI=1S/C74H48N6O4/c1-5-17-43(18-6-1)65-55-29-30-56(75-55)66(44-19-7-2-8-20-44)58-32-34-60(77-58)68(46-23-11-4-12-24-46)70-72-71(69(80-70)67(45-21-9-3-10-22-45)59-33-31-57(65)76-59)78-61-37-63-64(38-62(61)79-72)82-40-48-36-50-42-84-74-54-28-16-14-26-52(54)51-25-13-15-27-53(51)73(74)83-41-49(50)35-47(48)39-81-63/h1-38,76-77H,39-42H2. The van der Waals surface area contributed by atoms with Crippen LogP contribution in [0.4, 0.5) is 0 Å². The maximum atomic E-state index is 6.79. The number of nitrogens with zero attached hydrogens (tertiary/aromatic N) is 4. The van der Waals surface area contributed by atoms with Gasteiger partial charge < -0.3 is 28.9 Å². The van der Waals surface area contributed by atoms with Crippen molar-refractivity contribution in [3.05, 3.63) is 252 Å². The van der Waals surface area contributed by atoms with E-state index in [1.165, 1.54) is 0 Å². The molecule has 0 aliphatic carbocycles. The van der Waals surface area contributed by atoms with Gasteiger partial charge in [-0.25, -0.2) is 19.9 Å². The smallest absolute Gasteiger partial charge is 0.170 e. The van der Waals surface area contributed by atoms with Gasteiger partial charge in [0.1, 0.15) is 49.2 Å². The Morgan fingerprint density at radius 1 is 0.286 bits per heavy atom. The van der Waals surface area contributed by atoms with E-state index in [9.17, 15) is 0 Å². The molecule has 0 saturated carbocycles. The van der Waals surface area contributed by atoms with E-state index < -0.39 is 0 Å². The number of H-pyrrole nitrogens is 2. The molecule has 84 heavy (non-hydrogen) atoms. The second-order valence-electron chi connectivity index (χ2n) is 21.6. The Labute approximate surface area is 482 Å². The van der Waals surface area contributed by atoms with Gasteiger partial charge in [-0.3, -0.25) is 0 Å². The molecule has 0 atom stereocenters. The lowest BCUT2D eigenvalue weighted by molar-refractivity contribution is 0.231. The molecule has 9 aromatic carbocycles. The summed E-state index contributed by atoms with van der Waals surface area (Å²) in [4.78, 5) is 30.3. The predicted molar refractivity (Wildman–Crippen MR) is 334 cm³/mol. The minimum absolute atomic E-state index is 0.306. The summed E-state index contributed by atoms with van der Waals surface area (Å²) >= 11 is 0. The first-order valence-electron chi connectivity index (χ1n) is 28.3. The normalized spacial score (nSPS) is 13.1. The molecule has 10 heteroatoms. The number of nitrogens with one attached hydrogen (secondary N) is 2. The van der Waals surface area contributed by atoms with Crippen LogP contribution in [0.2, 0.25) is 0 Å². The quantitative estimate of drug-likeness (QED) is 0.167. The third kappa shape index (κ3) is 7.86. The zero-order valence-corrected chi connectivity index (χ0v) is 45.2. The number of hydrogen-bond acceptors (Lipinski definition) is 8. The van der Waals surface area contributed by atoms with Gasteiger partial charge in [0, 0.05) is 67.2 Å². The summed E-state index contributed by atoms with van der Waals surface area (Å²) in [5.41, 5.74) is 20.9. The number of fused-ring (bicyclic) bond motifs is 21. The molecule has 0 spiro atoms. The van der Waals surface area contributed by atoms with Crippen molar-refractivity contribution in [3.8, 4) is 90.3 Å². The molecule has 10 nitrogen and oxygen atoms in total. The average molecular weight is 1090 g/mol. The largest absolute Gasteiger partial charge is 0.485 e. The number of benzene rings is 9. The second-order valence-corrected chi connectivity index (χ2v) is 21.6. The minimum Gasteiger partial charge on any atom is -0.485 e. The highest BCUT2D eigenvalue weighted by Gasteiger charge is 2.30. The lowest BCUT2D eigenvalue weighted by atomic mass is 9.97. The highest BCUT2D eigenvalue weighted by Crippen LogP contribution is 2.49. The first-order chi connectivity index (χ1) is 41.6. The van der Waals surface area contributed by atoms with Crippen LogP contribution in [0.3, 0.4) is 0 Å². The fourth-order valence-electron chi connectivity index (χ4n) is 12.6. The molecule has 2 N–H and O–H groups in total. The van der Waals surface area contributed by atoms with Gasteiger partial charge in [0.15, 0.2) is 23.0 Å². The lowest BCUT2D eigenvalue weighted by Crippen LogP contribution is -2.14.